The fourth-order valence-corrected chi connectivity index (χ4v) is 4.20. The van der Waals surface area contributed by atoms with E-state index in [1.165, 1.54) is 109 Å². The standard InChI is InChI=1S/C25H45O2P.C5H5.Mn/c26-23-21-19-17-15-13-11-9-7-5-3-1-2-4-6-8-10-12-14-16-18-20-22-25(28)24-27;1-2-4-5-3-1;/h21H,1-20,22,28H2;1-5H;/q;-1;. The van der Waals surface area contributed by atoms with Crippen molar-refractivity contribution in [2.24, 2.45) is 0 Å². The summed E-state index contributed by atoms with van der Waals surface area (Å²) in [5.41, 5.74) is 0. The van der Waals surface area contributed by atoms with Crippen LogP contribution in [0.3, 0.4) is 0 Å². The van der Waals surface area contributed by atoms with E-state index in [1.54, 1.807) is 6.08 Å². The van der Waals surface area contributed by atoms with Crippen LogP contribution in [0.2, 0.25) is 0 Å². The first-order valence-electron chi connectivity index (χ1n) is 13.7. The molecule has 1 atom stereocenters. The number of hydrogen-bond acceptors (Lipinski definition) is 2. The molecule has 2 nitrogen and oxygen atoms in total. The molecule has 0 saturated carbocycles. The van der Waals surface area contributed by atoms with Gasteiger partial charge in [0.1, 0.15) is 11.9 Å². The Kier molecular flexibility index (Phi) is 33.5. The summed E-state index contributed by atoms with van der Waals surface area (Å²) < 4.78 is 0. The van der Waals surface area contributed by atoms with Gasteiger partial charge in [0.25, 0.3) is 0 Å². The van der Waals surface area contributed by atoms with E-state index in [-0.39, 0.29) is 17.1 Å². The monoisotopic (exact) mass is 528 g/mol. The van der Waals surface area contributed by atoms with Gasteiger partial charge in [0.05, 0.1) is 0 Å². The molecule has 195 valence electrons. The summed E-state index contributed by atoms with van der Waals surface area (Å²) in [5.74, 6) is 3.80. The zero-order chi connectivity index (χ0) is 24.1. The SMILES string of the molecule is O=C=CCCCCCCCCCCCCCCCCCCCCCC(P)=C=O.[Mn].c1cc[cH-]c1. The first-order chi connectivity index (χ1) is 16.3. The van der Waals surface area contributed by atoms with Crippen molar-refractivity contribution >= 4 is 21.1 Å². The van der Waals surface area contributed by atoms with Crippen molar-refractivity contribution in [2.75, 3.05) is 0 Å². The molecule has 0 aliphatic rings. The second-order valence-corrected chi connectivity index (χ2v) is 9.86. The summed E-state index contributed by atoms with van der Waals surface area (Å²) in [4.78, 5) is 20.4. The molecule has 1 rings (SSSR count). The molecule has 0 aromatic heterocycles. The van der Waals surface area contributed by atoms with Gasteiger partial charge in [0.2, 0.25) is 0 Å². The van der Waals surface area contributed by atoms with Crippen molar-refractivity contribution in [1.29, 1.82) is 0 Å². The summed E-state index contributed by atoms with van der Waals surface area (Å²) in [5, 5.41) is 0.789. The Balaban J connectivity index is 0. The van der Waals surface area contributed by atoms with Gasteiger partial charge in [-0.05, 0) is 31.8 Å². The Bertz CT molecular complexity index is 570. The minimum atomic E-state index is 0. The van der Waals surface area contributed by atoms with Crippen LogP contribution in [0.4, 0.5) is 0 Å². The normalized spacial score (nSPS) is 9.79. The molecule has 0 bridgehead atoms. The van der Waals surface area contributed by atoms with Crippen LogP contribution in [0.25, 0.3) is 0 Å². The molecule has 0 spiro atoms. The third-order valence-electron chi connectivity index (χ3n) is 6.06. The van der Waals surface area contributed by atoms with Crippen molar-refractivity contribution in [1.82, 2.24) is 0 Å². The first-order valence-corrected chi connectivity index (χ1v) is 14.2. The Labute approximate surface area is 223 Å². The molecule has 4 heteroatoms. The molecule has 0 aliphatic heterocycles. The fourth-order valence-electron chi connectivity index (χ4n) is 4.00. The molecule has 0 aliphatic carbocycles. The Hall–Kier alpha value is -0.801. The molecule has 34 heavy (non-hydrogen) atoms. The molecule has 1 aromatic carbocycles. The maximum atomic E-state index is 10.4. The van der Waals surface area contributed by atoms with Gasteiger partial charge in [-0.25, -0.2) is 21.7 Å². The predicted octanol–water partition coefficient (Wildman–Crippen LogP) is 9.56. The second kappa shape index (κ2) is 32.2. The van der Waals surface area contributed by atoms with Gasteiger partial charge in [0, 0.05) is 22.4 Å². The van der Waals surface area contributed by atoms with Crippen LogP contribution in [0.1, 0.15) is 135 Å². The molecular formula is C30H50MnO2P-. The molecule has 0 N–H and O–H groups in total. The van der Waals surface area contributed by atoms with Gasteiger partial charge in [-0.3, -0.25) is 0 Å². The van der Waals surface area contributed by atoms with Crippen molar-refractivity contribution in [3.63, 3.8) is 0 Å². The summed E-state index contributed by atoms with van der Waals surface area (Å²) in [6.45, 7) is 0. The van der Waals surface area contributed by atoms with E-state index in [2.05, 4.69) is 9.24 Å². The molecule has 1 unspecified atom stereocenters. The van der Waals surface area contributed by atoms with Crippen molar-refractivity contribution < 1.29 is 26.7 Å². The van der Waals surface area contributed by atoms with E-state index < -0.39 is 0 Å². The molecule has 1 radical (unpaired) electrons. The average Bonchev–Trinajstić information content (AvgIpc) is 3.42. The largest absolute Gasteiger partial charge is 0.234 e. The van der Waals surface area contributed by atoms with Crippen LogP contribution in [-0.4, -0.2) is 11.9 Å². The van der Waals surface area contributed by atoms with E-state index >= 15 is 0 Å². The third kappa shape index (κ3) is 31.2. The summed E-state index contributed by atoms with van der Waals surface area (Å²) in [7, 11) is 2.48. The number of unbranched alkanes of at least 4 members (excludes halogenated alkanes) is 19. The van der Waals surface area contributed by atoms with E-state index in [1.807, 2.05) is 42.2 Å². The topological polar surface area (TPSA) is 34.1 Å². The van der Waals surface area contributed by atoms with Gasteiger partial charge >= 0.3 is 0 Å². The number of hydrogen-bond donors (Lipinski definition) is 0. The third-order valence-corrected chi connectivity index (χ3v) is 6.47. The summed E-state index contributed by atoms with van der Waals surface area (Å²) >= 11 is 0. The first kappa shape index (κ1) is 35.4. The van der Waals surface area contributed by atoms with E-state index in [4.69, 9.17) is 0 Å². The van der Waals surface area contributed by atoms with Crippen LogP contribution in [0.15, 0.2) is 41.7 Å². The zero-order valence-corrected chi connectivity index (χ0v) is 23.9. The van der Waals surface area contributed by atoms with E-state index in [0.29, 0.717) is 0 Å². The van der Waals surface area contributed by atoms with Crippen molar-refractivity contribution in [2.45, 2.75) is 135 Å². The van der Waals surface area contributed by atoms with E-state index in [9.17, 15) is 9.59 Å². The number of rotatable bonds is 22. The van der Waals surface area contributed by atoms with Crippen molar-refractivity contribution in [3.05, 3.63) is 41.7 Å². The Morgan fingerprint density at radius 2 is 0.971 bits per heavy atom. The minimum Gasteiger partial charge on any atom is -0.234 e. The predicted molar refractivity (Wildman–Crippen MR) is 148 cm³/mol. The fraction of sp³-hybridized carbons (Fsp3) is 0.700. The molecule has 0 saturated heterocycles. The van der Waals surface area contributed by atoms with Gasteiger partial charge in [-0.2, -0.15) is 18.2 Å². The Morgan fingerprint density at radius 3 is 1.26 bits per heavy atom. The van der Waals surface area contributed by atoms with Crippen LogP contribution >= 0.6 is 9.24 Å². The molecule has 0 fully saturated rings. The molecular weight excluding hydrogens is 478 g/mol. The van der Waals surface area contributed by atoms with Crippen LogP contribution in [0.5, 0.6) is 0 Å². The molecule has 0 amide bonds. The number of allylic oxidation sites excluding steroid dienone is 2. The van der Waals surface area contributed by atoms with Crippen LogP contribution < -0.4 is 0 Å². The van der Waals surface area contributed by atoms with E-state index in [0.717, 1.165) is 31.0 Å². The van der Waals surface area contributed by atoms with Gasteiger partial charge in [-0.15, -0.1) is 0 Å². The maximum Gasteiger partial charge on any atom is 0.127 e. The number of carbonyl (C=O) groups excluding carboxylic acids is 2. The molecule has 1 aromatic rings. The molecule has 0 heterocycles. The van der Waals surface area contributed by atoms with Gasteiger partial charge in [-0.1, -0.05) is 118 Å². The zero-order valence-electron chi connectivity index (χ0n) is 21.6. The quantitative estimate of drug-likeness (QED) is 0.0494. The van der Waals surface area contributed by atoms with Gasteiger partial charge < -0.3 is 0 Å². The van der Waals surface area contributed by atoms with Gasteiger partial charge in [0.15, 0.2) is 0 Å². The Morgan fingerprint density at radius 1 is 0.618 bits per heavy atom. The second-order valence-electron chi connectivity index (χ2n) is 9.17. The van der Waals surface area contributed by atoms with Crippen LogP contribution in [0, 0.1) is 0 Å². The minimum absolute atomic E-state index is 0. The van der Waals surface area contributed by atoms with Crippen LogP contribution in [-0.2, 0) is 26.7 Å². The summed E-state index contributed by atoms with van der Waals surface area (Å²) in [6, 6.07) is 10.0. The smallest absolute Gasteiger partial charge is 0.127 e. The maximum absolute atomic E-state index is 10.4. The summed E-state index contributed by atoms with van der Waals surface area (Å²) in [6.07, 6.45) is 29.0. The average molecular weight is 529 g/mol. The van der Waals surface area contributed by atoms with Crippen molar-refractivity contribution in [3.8, 4) is 0 Å².